The van der Waals surface area contributed by atoms with Gasteiger partial charge in [-0.3, -0.25) is 4.98 Å². The van der Waals surface area contributed by atoms with Gasteiger partial charge in [-0.1, -0.05) is 13.0 Å². The number of halogens is 2. The van der Waals surface area contributed by atoms with E-state index in [1.807, 2.05) is 18.3 Å². The zero-order chi connectivity index (χ0) is 13.7. The third-order valence-corrected chi connectivity index (χ3v) is 6.16. The van der Waals surface area contributed by atoms with E-state index in [1.54, 1.807) is 11.3 Å². The van der Waals surface area contributed by atoms with Gasteiger partial charge in [-0.05, 0) is 63.0 Å². The van der Waals surface area contributed by atoms with Gasteiger partial charge in [0, 0.05) is 33.7 Å². The summed E-state index contributed by atoms with van der Waals surface area (Å²) in [7, 11) is 0. The Morgan fingerprint density at radius 2 is 2.21 bits per heavy atom. The van der Waals surface area contributed by atoms with E-state index in [0.717, 1.165) is 33.3 Å². The summed E-state index contributed by atoms with van der Waals surface area (Å²) in [5, 5.41) is 3.60. The summed E-state index contributed by atoms with van der Waals surface area (Å²) in [5.41, 5.74) is 1.12. The number of nitrogens with one attached hydrogen (secondary N) is 1. The summed E-state index contributed by atoms with van der Waals surface area (Å²) in [4.78, 5) is 5.75. The minimum absolute atomic E-state index is 0.322. The smallest absolute Gasteiger partial charge is 0.0843 e. The van der Waals surface area contributed by atoms with Gasteiger partial charge in [0.1, 0.15) is 0 Å². The largest absolute Gasteiger partial charge is 0.309 e. The van der Waals surface area contributed by atoms with Crippen LogP contribution in [0.1, 0.15) is 30.0 Å². The number of pyridine rings is 1. The molecule has 0 aliphatic heterocycles. The van der Waals surface area contributed by atoms with Crippen molar-refractivity contribution in [3.63, 3.8) is 0 Å². The zero-order valence-corrected chi connectivity index (χ0v) is 14.7. The van der Waals surface area contributed by atoms with Crippen LogP contribution in [0.3, 0.4) is 0 Å². The Labute approximate surface area is 134 Å². The van der Waals surface area contributed by atoms with Crippen LogP contribution < -0.4 is 5.32 Å². The van der Waals surface area contributed by atoms with E-state index in [9.17, 15) is 0 Å². The van der Waals surface area contributed by atoms with Crippen molar-refractivity contribution in [1.29, 1.82) is 0 Å². The van der Waals surface area contributed by atoms with Crippen LogP contribution in [-0.2, 0) is 6.42 Å². The van der Waals surface area contributed by atoms with Crippen molar-refractivity contribution in [2.24, 2.45) is 0 Å². The molecule has 2 nitrogen and oxygen atoms in total. The van der Waals surface area contributed by atoms with E-state index < -0.39 is 0 Å². The first-order valence-electron chi connectivity index (χ1n) is 6.28. The number of thiophene rings is 1. The average molecular weight is 404 g/mol. The lowest BCUT2D eigenvalue weighted by molar-refractivity contribution is 0.531. The molecule has 0 aliphatic carbocycles. The highest BCUT2D eigenvalue weighted by molar-refractivity contribution is 9.13. The monoisotopic (exact) mass is 402 g/mol. The normalized spacial score (nSPS) is 12.6. The van der Waals surface area contributed by atoms with Gasteiger partial charge in [-0.25, -0.2) is 0 Å². The van der Waals surface area contributed by atoms with E-state index in [-0.39, 0.29) is 0 Å². The van der Waals surface area contributed by atoms with Crippen molar-refractivity contribution in [1.82, 2.24) is 10.3 Å². The Balaban J connectivity index is 2.15. The maximum Gasteiger partial charge on any atom is 0.0843 e. The molecule has 0 spiro atoms. The van der Waals surface area contributed by atoms with Crippen LogP contribution >= 0.6 is 43.2 Å². The Bertz CT molecular complexity index is 494. The van der Waals surface area contributed by atoms with Crippen LogP contribution in [0.25, 0.3) is 0 Å². The quantitative estimate of drug-likeness (QED) is 0.737. The lowest BCUT2D eigenvalue weighted by Gasteiger charge is -2.16. The summed E-state index contributed by atoms with van der Waals surface area (Å²) < 4.78 is 2.27. The van der Waals surface area contributed by atoms with Crippen LogP contribution in [0.15, 0.2) is 38.7 Å². The Kier molecular flexibility index (Phi) is 6.01. The lowest BCUT2D eigenvalue weighted by Crippen LogP contribution is -2.23. The van der Waals surface area contributed by atoms with Gasteiger partial charge >= 0.3 is 0 Å². The highest BCUT2D eigenvalue weighted by Crippen LogP contribution is 2.36. The molecule has 102 valence electrons. The van der Waals surface area contributed by atoms with Crippen LogP contribution in [0.4, 0.5) is 0 Å². The van der Waals surface area contributed by atoms with Crippen LogP contribution in [-0.4, -0.2) is 11.5 Å². The van der Waals surface area contributed by atoms with Crippen molar-refractivity contribution in [2.75, 3.05) is 6.54 Å². The van der Waals surface area contributed by atoms with Crippen LogP contribution in [0, 0.1) is 0 Å². The summed E-state index contributed by atoms with van der Waals surface area (Å²) >= 11 is 8.90. The van der Waals surface area contributed by atoms with Crippen molar-refractivity contribution >= 4 is 43.2 Å². The molecule has 2 aromatic heterocycles. The van der Waals surface area contributed by atoms with E-state index in [4.69, 9.17) is 0 Å². The van der Waals surface area contributed by atoms with Crippen LogP contribution in [0.2, 0.25) is 0 Å². The molecular weight excluding hydrogens is 388 g/mol. The molecule has 2 rings (SSSR count). The number of aromatic nitrogens is 1. The fraction of sp³-hybridized carbons (Fsp3) is 0.357. The van der Waals surface area contributed by atoms with Gasteiger partial charge in [0.05, 0.1) is 3.79 Å². The second-order valence-corrected chi connectivity index (χ2v) is 7.56. The summed E-state index contributed by atoms with van der Waals surface area (Å²) in [6.07, 6.45) is 3.90. The second kappa shape index (κ2) is 7.53. The summed E-state index contributed by atoms with van der Waals surface area (Å²) in [5.74, 6) is 0. The molecule has 0 amide bonds. The summed E-state index contributed by atoms with van der Waals surface area (Å²) in [6.45, 7) is 3.20. The molecule has 0 saturated heterocycles. The van der Waals surface area contributed by atoms with E-state index in [1.165, 1.54) is 4.88 Å². The van der Waals surface area contributed by atoms with Crippen molar-refractivity contribution in [2.45, 2.75) is 25.8 Å². The fourth-order valence-electron chi connectivity index (χ4n) is 1.85. The first-order chi connectivity index (χ1) is 9.20. The Morgan fingerprint density at radius 1 is 1.37 bits per heavy atom. The minimum Gasteiger partial charge on any atom is -0.309 e. The third kappa shape index (κ3) is 4.38. The van der Waals surface area contributed by atoms with E-state index in [0.29, 0.717) is 6.04 Å². The number of rotatable bonds is 6. The number of nitrogens with zero attached hydrogens (tertiary/aromatic N) is 1. The molecule has 5 heteroatoms. The summed E-state index contributed by atoms with van der Waals surface area (Å²) in [6, 6.07) is 8.58. The highest BCUT2D eigenvalue weighted by Gasteiger charge is 2.16. The maximum absolute atomic E-state index is 4.42. The Morgan fingerprint density at radius 3 is 2.79 bits per heavy atom. The third-order valence-electron chi connectivity index (χ3n) is 2.79. The molecule has 0 aromatic carbocycles. The number of hydrogen-bond acceptors (Lipinski definition) is 3. The number of hydrogen-bond donors (Lipinski definition) is 1. The van der Waals surface area contributed by atoms with Crippen LogP contribution in [0.5, 0.6) is 0 Å². The molecule has 1 atom stereocenters. The molecule has 0 bridgehead atoms. The molecule has 0 fully saturated rings. The van der Waals surface area contributed by atoms with Crippen molar-refractivity contribution in [3.05, 3.63) is 49.3 Å². The molecule has 0 saturated carbocycles. The first-order valence-corrected chi connectivity index (χ1v) is 8.69. The first kappa shape index (κ1) is 15.2. The molecule has 0 radical (unpaired) electrons. The molecule has 1 N–H and O–H groups in total. The van der Waals surface area contributed by atoms with E-state index >= 15 is 0 Å². The van der Waals surface area contributed by atoms with Gasteiger partial charge < -0.3 is 5.32 Å². The lowest BCUT2D eigenvalue weighted by atomic mass is 10.1. The molecule has 19 heavy (non-hydrogen) atoms. The van der Waals surface area contributed by atoms with Gasteiger partial charge in [-0.15, -0.1) is 11.3 Å². The SMILES string of the molecule is CCCNC(Cc1ccccn1)c1cc(Br)c(Br)s1. The molecule has 2 aromatic rings. The topological polar surface area (TPSA) is 24.9 Å². The van der Waals surface area contributed by atoms with Gasteiger partial charge in [-0.2, -0.15) is 0 Å². The molecule has 1 unspecified atom stereocenters. The molecule has 2 heterocycles. The standard InChI is InChI=1S/C14H16Br2N2S/c1-2-6-18-12(8-10-5-3-4-7-17-10)13-9-11(15)14(16)19-13/h3-5,7,9,12,18H,2,6,8H2,1H3. The maximum atomic E-state index is 4.42. The average Bonchev–Trinajstić information content (AvgIpc) is 2.76. The van der Waals surface area contributed by atoms with Gasteiger partial charge in [0.25, 0.3) is 0 Å². The molecule has 0 aliphatic rings. The van der Waals surface area contributed by atoms with Gasteiger partial charge in [0.2, 0.25) is 0 Å². The fourth-order valence-corrected chi connectivity index (χ4v) is 4.02. The Hall–Kier alpha value is -0.230. The minimum atomic E-state index is 0.322. The zero-order valence-electron chi connectivity index (χ0n) is 10.7. The van der Waals surface area contributed by atoms with Crippen molar-refractivity contribution < 1.29 is 0 Å². The van der Waals surface area contributed by atoms with Gasteiger partial charge in [0.15, 0.2) is 0 Å². The molecular formula is C14H16Br2N2S. The predicted molar refractivity (Wildman–Crippen MR) is 88.7 cm³/mol. The highest BCUT2D eigenvalue weighted by atomic mass is 79.9. The van der Waals surface area contributed by atoms with Crippen molar-refractivity contribution in [3.8, 4) is 0 Å². The van der Waals surface area contributed by atoms with E-state index in [2.05, 4.69) is 61.2 Å². The predicted octanol–water partition coefficient (Wildman–Crippen LogP) is 4.95. The second-order valence-electron chi connectivity index (χ2n) is 4.30.